The van der Waals surface area contributed by atoms with E-state index in [1.54, 1.807) is 0 Å². The number of hydrogen-bond donors (Lipinski definition) is 1. The van der Waals surface area contributed by atoms with Crippen LogP contribution in [0.3, 0.4) is 0 Å². The third-order valence-electron chi connectivity index (χ3n) is 6.29. The van der Waals surface area contributed by atoms with Crippen LogP contribution < -0.4 is 5.32 Å². The number of halogens is 7. The fourth-order valence-corrected chi connectivity index (χ4v) is 6.03. The Balaban J connectivity index is 0.00000462. The van der Waals surface area contributed by atoms with Crippen molar-refractivity contribution in [2.24, 2.45) is 0 Å². The number of alkyl halides is 6. The summed E-state index contributed by atoms with van der Waals surface area (Å²) in [5.41, 5.74) is -0.871. The molecule has 1 fully saturated rings. The molecule has 0 spiro atoms. The highest BCUT2D eigenvalue weighted by atomic mass is 32.2. The summed E-state index contributed by atoms with van der Waals surface area (Å²) in [5.74, 6) is -3.10. The summed E-state index contributed by atoms with van der Waals surface area (Å²) in [4.78, 5) is 22.9. The Hall–Kier alpha value is -3.66. The van der Waals surface area contributed by atoms with Crippen molar-refractivity contribution in [1.82, 2.24) is 24.6 Å². The van der Waals surface area contributed by atoms with Crippen LogP contribution in [-0.4, -0.2) is 51.8 Å². The summed E-state index contributed by atoms with van der Waals surface area (Å²) in [5, 5.41) is 2.33. The number of aromatic nitrogens is 3. The summed E-state index contributed by atoms with van der Waals surface area (Å²) in [6, 6.07) is 2.02. The zero-order chi connectivity index (χ0) is 29.4. The number of carbonyl (C=O) groups excluding carboxylic acids is 1. The van der Waals surface area contributed by atoms with Crippen LogP contribution >= 0.6 is 0 Å². The molecule has 3 heterocycles. The summed E-state index contributed by atoms with van der Waals surface area (Å²) in [6.45, 7) is 0.691. The molecule has 216 valence electrons. The van der Waals surface area contributed by atoms with Gasteiger partial charge in [0.2, 0.25) is 21.8 Å². The molecule has 16 heteroatoms. The lowest BCUT2D eigenvalue weighted by atomic mass is 10.1. The number of sulfonamides is 1. The van der Waals surface area contributed by atoms with Crippen LogP contribution in [0, 0.1) is 5.82 Å². The number of benzene rings is 1. The quantitative estimate of drug-likeness (QED) is 0.399. The van der Waals surface area contributed by atoms with Crippen LogP contribution in [-0.2, 0) is 27.5 Å². The molecule has 40 heavy (non-hydrogen) atoms. The van der Waals surface area contributed by atoms with Gasteiger partial charge >= 0.3 is 6.18 Å². The van der Waals surface area contributed by atoms with Gasteiger partial charge in [-0.1, -0.05) is 0 Å². The van der Waals surface area contributed by atoms with Crippen molar-refractivity contribution < 1.29 is 45.4 Å². The van der Waals surface area contributed by atoms with Crippen molar-refractivity contribution in [2.75, 3.05) is 0 Å². The summed E-state index contributed by atoms with van der Waals surface area (Å²) in [6.07, 6.45) is -7.69. The lowest BCUT2D eigenvalue weighted by Gasteiger charge is -2.27. The molecule has 8 nitrogen and oxygen atoms in total. The second-order valence-electron chi connectivity index (χ2n) is 8.88. The molecule has 3 aromatic rings. The second kappa shape index (κ2) is 11.1. The molecule has 1 N–H and O–H groups in total. The SMILES string of the molecule is C[C@H]1[C@H](F)C[C@@H](C(=O)NCc2cc(-c3cnc(C(F)(F)F)nc3)ncc2C(F)F)N1S(=O)(=O)c1ccc(F)cc1.[HH]. The van der Waals surface area contributed by atoms with Gasteiger partial charge in [0.15, 0.2) is 0 Å². The maximum absolute atomic E-state index is 14.6. The molecule has 1 amide bonds. The fourth-order valence-electron chi connectivity index (χ4n) is 4.22. The second-order valence-corrected chi connectivity index (χ2v) is 10.7. The van der Waals surface area contributed by atoms with Crippen LogP contribution in [0.15, 0.2) is 53.8 Å². The van der Waals surface area contributed by atoms with E-state index >= 15 is 0 Å². The molecule has 3 atom stereocenters. The zero-order valence-electron chi connectivity index (χ0n) is 20.4. The van der Waals surface area contributed by atoms with Crippen LogP contribution in [0.1, 0.15) is 38.1 Å². The highest BCUT2D eigenvalue weighted by molar-refractivity contribution is 7.89. The van der Waals surface area contributed by atoms with Gasteiger partial charge in [-0.3, -0.25) is 9.78 Å². The van der Waals surface area contributed by atoms with Crippen molar-refractivity contribution >= 4 is 15.9 Å². The van der Waals surface area contributed by atoms with Crippen molar-refractivity contribution in [3.8, 4) is 11.3 Å². The number of nitrogens with zero attached hydrogens (tertiary/aromatic N) is 4. The van der Waals surface area contributed by atoms with E-state index in [4.69, 9.17) is 0 Å². The van der Waals surface area contributed by atoms with Crippen LogP contribution in [0.2, 0.25) is 0 Å². The molecule has 0 bridgehead atoms. The first-order valence-corrected chi connectivity index (χ1v) is 13.0. The van der Waals surface area contributed by atoms with E-state index < -0.39 is 77.0 Å². The zero-order valence-corrected chi connectivity index (χ0v) is 21.2. The lowest BCUT2D eigenvalue weighted by molar-refractivity contribution is -0.145. The van der Waals surface area contributed by atoms with Gasteiger partial charge in [0.25, 0.3) is 6.43 Å². The first kappa shape index (κ1) is 29.3. The summed E-state index contributed by atoms with van der Waals surface area (Å²) in [7, 11) is -4.45. The first-order chi connectivity index (χ1) is 18.7. The van der Waals surface area contributed by atoms with E-state index in [2.05, 4.69) is 20.3 Å². The molecule has 1 aromatic carbocycles. The Bertz CT molecular complexity index is 1490. The molecule has 1 aliphatic rings. The average Bonchev–Trinajstić information content (AvgIpc) is 3.21. The van der Waals surface area contributed by atoms with Gasteiger partial charge in [0.1, 0.15) is 18.0 Å². The molecule has 4 rings (SSSR count). The third-order valence-corrected chi connectivity index (χ3v) is 8.30. The predicted molar refractivity (Wildman–Crippen MR) is 127 cm³/mol. The van der Waals surface area contributed by atoms with Gasteiger partial charge in [0, 0.05) is 44.1 Å². The van der Waals surface area contributed by atoms with Gasteiger partial charge in [-0.15, -0.1) is 0 Å². The predicted octanol–water partition coefficient (Wildman–Crippen LogP) is 4.69. The Morgan fingerprint density at radius 2 is 1.75 bits per heavy atom. The lowest BCUT2D eigenvalue weighted by Crippen LogP contribution is -2.48. The first-order valence-electron chi connectivity index (χ1n) is 11.6. The number of nitrogens with one attached hydrogen (secondary N) is 1. The number of pyridine rings is 1. The maximum Gasteiger partial charge on any atom is 0.451 e. The van der Waals surface area contributed by atoms with Crippen LogP contribution in [0.4, 0.5) is 30.7 Å². The molecular weight excluding hydrogens is 571 g/mol. The van der Waals surface area contributed by atoms with Gasteiger partial charge in [-0.05, 0) is 42.8 Å². The Morgan fingerprint density at radius 3 is 2.33 bits per heavy atom. The van der Waals surface area contributed by atoms with E-state index in [0.717, 1.165) is 48.9 Å². The average molecular weight is 594 g/mol. The minimum atomic E-state index is -4.80. The summed E-state index contributed by atoms with van der Waals surface area (Å²) < 4.78 is 121. The highest BCUT2D eigenvalue weighted by Gasteiger charge is 2.49. The normalized spacial score (nSPS) is 20.2. The number of rotatable bonds is 7. The van der Waals surface area contributed by atoms with Crippen LogP contribution in [0.25, 0.3) is 11.3 Å². The van der Waals surface area contributed by atoms with Crippen molar-refractivity contribution in [2.45, 2.75) is 55.6 Å². The largest absolute Gasteiger partial charge is 0.451 e. The monoisotopic (exact) mass is 593 g/mol. The molecule has 2 aromatic heterocycles. The minimum absolute atomic E-state index is 0. The Labute approximate surface area is 224 Å². The van der Waals surface area contributed by atoms with E-state index in [0.29, 0.717) is 4.31 Å². The van der Waals surface area contributed by atoms with Crippen molar-refractivity contribution in [1.29, 1.82) is 0 Å². The van der Waals surface area contributed by atoms with Gasteiger partial charge in [-0.25, -0.2) is 35.9 Å². The van der Waals surface area contributed by atoms with Crippen LogP contribution in [0.5, 0.6) is 0 Å². The highest BCUT2D eigenvalue weighted by Crippen LogP contribution is 2.34. The third kappa shape index (κ3) is 5.91. The molecule has 0 aliphatic carbocycles. The number of amides is 1. The molecule has 1 aliphatic heterocycles. The molecule has 0 radical (unpaired) electrons. The van der Waals surface area contributed by atoms with Crippen molar-refractivity contribution in [3.05, 3.63) is 71.7 Å². The molecule has 1 saturated heterocycles. The standard InChI is InChI=1S/C24H20F7N5O3S.H2/c1-12-18(26)7-20(36(12)40(38,39)16-4-2-15(25)3-5-16)22(37)33-8-13-6-19(32-11-17(13)21(27)28)14-9-34-23(35-10-14)24(29,30)31;/h2-6,9-12,18,20-21H,7-8H2,1H3,(H,33,37);1H/t12-,18+,20-;/m0./s1. The van der Waals surface area contributed by atoms with Gasteiger partial charge < -0.3 is 5.32 Å². The topological polar surface area (TPSA) is 105 Å². The molecular formula is C24H22F7N5O3S. The Kier molecular flexibility index (Phi) is 8.12. The Morgan fingerprint density at radius 1 is 1.12 bits per heavy atom. The van der Waals surface area contributed by atoms with E-state index in [-0.39, 0.29) is 23.1 Å². The summed E-state index contributed by atoms with van der Waals surface area (Å²) >= 11 is 0. The maximum atomic E-state index is 14.6. The fraction of sp³-hybridized carbons (Fsp3) is 0.333. The smallest absolute Gasteiger partial charge is 0.351 e. The van der Waals surface area contributed by atoms with Gasteiger partial charge in [-0.2, -0.15) is 17.5 Å². The van der Waals surface area contributed by atoms with E-state index in [1.165, 1.54) is 6.92 Å². The number of carbonyl (C=O) groups is 1. The van der Waals surface area contributed by atoms with Crippen molar-refractivity contribution in [3.63, 3.8) is 0 Å². The van der Waals surface area contributed by atoms with Gasteiger partial charge in [0.05, 0.1) is 16.6 Å². The molecule has 0 saturated carbocycles. The minimum Gasteiger partial charge on any atom is -0.351 e. The van der Waals surface area contributed by atoms with E-state index in [1.807, 2.05) is 0 Å². The number of hydrogen-bond acceptors (Lipinski definition) is 6. The molecule has 0 unspecified atom stereocenters. The van der Waals surface area contributed by atoms with E-state index in [9.17, 15) is 43.9 Å².